The average molecular weight is 402 g/mol. The number of amides is 1. The lowest BCUT2D eigenvalue weighted by molar-refractivity contribution is -0.139. The van der Waals surface area contributed by atoms with Gasteiger partial charge in [-0.1, -0.05) is 6.92 Å². The number of thioether (sulfide) groups is 1. The van der Waals surface area contributed by atoms with E-state index in [9.17, 15) is 23.9 Å². The van der Waals surface area contributed by atoms with Crippen LogP contribution in [0.3, 0.4) is 0 Å². The summed E-state index contributed by atoms with van der Waals surface area (Å²) in [7, 11) is 1.11. The Morgan fingerprint density at radius 1 is 1.30 bits per heavy atom. The zero-order chi connectivity index (χ0) is 20.9. The van der Waals surface area contributed by atoms with Crippen LogP contribution < -0.4 is 11.1 Å². The summed E-state index contributed by atoms with van der Waals surface area (Å²) < 4.78 is 23.6. The van der Waals surface area contributed by atoms with Crippen LogP contribution in [0.15, 0.2) is 17.0 Å². The summed E-state index contributed by atoms with van der Waals surface area (Å²) in [5.74, 6) is -3.01. The van der Waals surface area contributed by atoms with Crippen LogP contribution in [0, 0.1) is 5.82 Å². The highest BCUT2D eigenvalue weighted by Crippen LogP contribution is 2.32. The number of benzene rings is 1. The first-order chi connectivity index (χ1) is 12.4. The molecular weight excluding hydrogens is 379 g/mol. The first-order valence-electron chi connectivity index (χ1n) is 7.92. The van der Waals surface area contributed by atoms with Crippen molar-refractivity contribution in [3.8, 4) is 0 Å². The molecule has 0 aromatic heterocycles. The quantitative estimate of drug-likeness (QED) is 0.376. The summed E-state index contributed by atoms with van der Waals surface area (Å²) in [4.78, 5) is 35.1. The number of nitrogen functional groups attached to an aromatic ring is 1. The van der Waals surface area contributed by atoms with E-state index in [0.29, 0.717) is 0 Å². The molecule has 0 saturated heterocycles. The van der Waals surface area contributed by atoms with Gasteiger partial charge in [0.25, 0.3) is 0 Å². The van der Waals surface area contributed by atoms with Crippen LogP contribution in [0.2, 0.25) is 0 Å². The second-order valence-corrected chi connectivity index (χ2v) is 8.07. The number of carboxylic acid groups (broad SMARTS) is 1. The Morgan fingerprint density at radius 3 is 2.37 bits per heavy atom. The fourth-order valence-corrected chi connectivity index (χ4v) is 3.11. The fourth-order valence-electron chi connectivity index (χ4n) is 2.02. The molecule has 1 aromatic rings. The second-order valence-electron chi connectivity index (χ2n) is 6.65. The summed E-state index contributed by atoms with van der Waals surface area (Å²) >= 11 is 0.941. The van der Waals surface area contributed by atoms with Gasteiger partial charge >= 0.3 is 18.0 Å². The molecule has 0 aliphatic heterocycles. The minimum atomic E-state index is -1.31. The first kappa shape index (κ1) is 22.6. The Balaban J connectivity index is 2.98. The van der Waals surface area contributed by atoms with Crippen LogP contribution in [0.25, 0.3) is 0 Å². The summed E-state index contributed by atoms with van der Waals surface area (Å²) in [5.41, 5.74) is 4.80. The number of methoxy groups -OCH3 is 1. The third-order valence-electron chi connectivity index (χ3n) is 3.23. The molecule has 2 atom stereocenters. The van der Waals surface area contributed by atoms with Crippen molar-refractivity contribution in [2.24, 2.45) is 0 Å². The Hall–Kier alpha value is -2.49. The summed E-state index contributed by atoms with van der Waals surface area (Å²) in [6, 6.07) is 0.829. The molecule has 0 saturated carbocycles. The van der Waals surface area contributed by atoms with E-state index in [0.717, 1.165) is 31.0 Å². The standard InChI is InChI=1S/C17H23FN2O6S/c1-8(13(14(21)22)20-16(24)26-17(2,3)4)27-12-7-10(18)9(6-11(12)19)15(23)25-5/h6-8,13H,19H2,1-5H3,(H,20,24)(H,21,22)/t8-,13+/m1/s1. The molecule has 0 fully saturated rings. The number of nitrogens with one attached hydrogen (secondary N) is 1. The molecule has 1 amide bonds. The molecule has 0 heterocycles. The number of hydrogen-bond acceptors (Lipinski definition) is 7. The molecule has 27 heavy (non-hydrogen) atoms. The van der Waals surface area contributed by atoms with Gasteiger partial charge in [-0.15, -0.1) is 11.8 Å². The Morgan fingerprint density at radius 2 is 1.89 bits per heavy atom. The molecule has 0 bridgehead atoms. The zero-order valence-electron chi connectivity index (χ0n) is 15.7. The minimum Gasteiger partial charge on any atom is -0.480 e. The number of rotatable bonds is 6. The van der Waals surface area contributed by atoms with Crippen LogP contribution >= 0.6 is 11.8 Å². The molecule has 150 valence electrons. The normalized spacial score (nSPS) is 13.4. The van der Waals surface area contributed by atoms with Gasteiger partial charge in [-0.25, -0.2) is 18.8 Å². The monoisotopic (exact) mass is 402 g/mol. The number of ether oxygens (including phenoxy) is 2. The molecule has 4 N–H and O–H groups in total. The molecule has 0 aliphatic rings. The molecule has 0 spiro atoms. The van der Waals surface area contributed by atoms with Crippen LogP contribution in [-0.4, -0.2) is 47.1 Å². The van der Waals surface area contributed by atoms with E-state index >= 15 is 0 Å². The molecule has 1 rings (SSSR count). The number of carbonyl (C=O) groups excluding carboxylic acids is 2. The van der Waals surface area contributed by atoms with Crippen LogP contribution in [0.4, 0.5) is 14.9 Å². The number of carboxylic acids is 1. The zero-order valence-corrected chi connectivity index (χ0v) is 16.5. The summed E-state index contributed by atoms with van der Waals surface area (Å²) in [5, 5.41) is 10.9. The lowest BCUT2D eigenvalue weighted by Gasteiger charge is -2.25. The SMILES string of the molecule is COC(=O)c1cc(N)c(S[C@H](C)[C@H](NC(=O)OC(C)(C)C)C(=O)O)cc1F. The Kier molecular flexibility index (Phi) is 7.46. The van der Waals surface area contributed by atoms with Crippen molar-refractivity contribution < 1.29 is 33.4 Å². The Labute approximate surface area is 160 Å². The van der Waals surface area contributed by atoms with E-state index in [4.69, 9.17) is 10.5 Å². The van der Waals surface area contributed by atoms with Crippen LogP contribution in [-0.2, 0) is 14.3 Å². The van der Waals surface area contributed by atoms with Gasteiger partial charge in [0.15, 0.2) is 0 Å². The van der Waals surface area contributed by atoms with Gasteiger partial charge in [0.1, 0.15) is 17.5 Å². The fraction of sp³-hybridized carbons (Fsp3) is 0.471. The van der Waals surface area contributed by atoms with Crippen molar-refractivity contribution in [1.82, 2.24) is 5.32 Å². The van der Waals surface area contributed by atoms with E-state index in [-0.39, 0.29) is 16.1 Å². The number of halogens is 1. The van der Waals surface area contributed by atoms with Crippen LogP contribution in [0.1, 0.15) is 38.1 Å². The van der Waals surface area contributed by atoms with Gasteiger partial charge in [-0.3, -0.25) is 0 Å². The average Bonchev–Trinajstić information content (AvgIpc) is 2.52. The number of carbonyl (C=O) groups is 3. The molecule has 0 aliphatic carbocycles. The van der Waals surface area contributed by atoms with Crippen molar-refractivity contribution in [2.75, 3.05) is 12.8 Å². The molecule has 0 radical (unpaired) electrons. The van der Waals surface area contributed by atoms with Gasteiger partial charge in [-0.05, 0) is 32.9 Å². The number of alkyl carbamates (subject to hydrolysis) is 1. The molecular formula is C17H23FN2O6S. The van der Waals surface area contributed by atoms with Crippen molar-refractivity contribution in [3.05, 3.63) is 23.5 Å². The summed E-state index contributed by atoms with van der Waals surface area (Å²) in [6.45, 7) is 6.47. The molecule has 1 aromatic carbocycles. The van der Waals surface area contributed by atoms with Crippen molar-refractivity contribution in [1.29, 1.82) is 0 Å². The number of esters is 1. The van der Waals surface area contributed by atoms with Crippen molar-refractivity contribution in [3.63, 3.8) is 0 Å². The highest BCUT2D eigenvalue weighted by atomic mass is 32.2. The smallest absolute Gasteiger partial charge is 0.408 e. The molecule has 0 unspecified atom stereocenters. The van der Waals surface area contributed by atoms with Gasteiger partial charge in [0.2, 0.25) is 0 Å². The Bertz CT molecular complexity index is 735. The van der Waals surface area contributed by atoms with E-state index < -0.39 is 40.7 Å². The van der Waals surface area contributed by atoms with Gasteiger partial charge in [0.05, 0.1) is 12.7 Å². The van der Waals surface area contributed by atoms with Crippen LogP contribution in [0.5, 0.6) is 0 Å². The van der Waals surface area contributed by atoms with Gasteiger partial charge < -0.3 is 25.6 Å². The maximum atomic E-state index is 14.1. The van der Waals surface area contributed by atoms with Crippen molar-refractivity contribution >= 4 is 35.5 Å². The van der Waals surface area contributed by atoms with Gasteiger partial charge in [0, 0.05) is 15.8 Å². The largest absolute Gasteiger partial charge is 0.480 e. The van der Waals surface area contributed by atoms with E-state index in [1.807, 2.05) is 0 Å². The summed E-state index contributed by atoms with van der Waals surface area (Å²) in [6.07, 6.45) is -0.887. The second kappa shape index (κ2) is 8.94. The minimum absolute atomic E-state index is 0.0788. The number of anilines is 1. The van der Waals surface area contributed by atoms with E-state index in [1.54, 1.807) is 20.8 Å². The maximum absolute atomic E-state index is 14.1. The predicted molar refractivity (Wildman–Crippen MR) is 98.3 cm³/mol. The van der Waals surface area contributed by atoms with E-state index in [2.05, 4.69) is 10.1 Å². The molecule has 10 heteroatoms. The third-order valence-corrected chi connectivity index (χ3v) is 4.48. The lowest BCUT2D eigenvalue weighted by atomic mass is 10.2. The van der Waals surface area contributed by atoms with Gasteiger partial charge in [-0.2, -0.15) is 0 Å². The highest BCUT2D eigenvalue weighted by Gasteiger charge is 2.30. The van der Waals surface area contributed by atoms with Crippen molar-refractivity contribution in [2.45, 2.75) is 49.5 Å². The maximum Gasteiger partial charge on any atom is 0.408 e. The topological polar surface area (TPSA) is 128 Å². The predicted octanol–water partition coefficient (Wildman–Crippen LogP) is 2.65. The lowest BCUT2D eigenvalue weighted by Crippen LogP contribution is -2.48. The third kappa shape index (κ3) is 6.63. The highest BCUT2D eigenvalue weighted by molar-refractivity contribution is 8.00. The number of hydrogen-bond donors (Lipinski definition) is 3. The molecule has 8 nitrogen and oxygen atoms in total. The number of nitrogens with two attached hydrogens (primary N) is 1. The first-order valence-corrected chi connectivity index (χ1v) is 8.80. The number of aliphatic carboxylic acids is 1. The van der Waals surface area contributed by atoms with E-state index in [1.165, 1.54) is 6.92 Å².